The van der Waals surface area contributed by atoms with Crippen LogP contribution >= 0.6 is 15.9 Å². The fourth-order valence-corrected chi connectivity index (χ4v) is 2.58. The van der Waals surface area contributed by atoms with Crippen molar-refractivity contribution in [1.82, 2.24) is 15.1 Å². The molecule has 1 aromatic carbocycles. The summed E-state index contributed by atoms with van der Waals surface area (Å²) in [6.45, 7) is 6.78. The molecule has 1 N–H and O–H groups in total. The first-order valence-electron chi connectivity index (χ1n) is 7.14. The quantitative estimate of drug-likeness (QED) is 0.777. The molecule has 21 heavy (non-hydrogen) atoms. The van der Waals surface area contributed by atoms with Crippen LogP contribution in [0.4, 0.5) is 0 Å². The van der Waals surface area contributed by atoms with Gasteiger partial charge in [-0.1, -0.05) is 15.9 Å². The molecule has 0 fully saturated rings. The van der Waals surface area contributed by atoms with Gasteiger partial charge < -0.3 is 10.1 Å². The second-order valence-corrected chi connectivity index (χ2v) is 5.98. The number of methoxy groups -OCH3 is 1. The molecule has 1 aromatic heterocycles. The summed E-state index contributed by atoms with van der Waals surface area (Å²) in [5.41, 5.74) is 4.63. The van der Waals surface area contributed by atoms with Crippen LogP contribution in [-0.2, 0) is 11.3 Å². The number of nitrogens with one attached hydrogen (secondary N) is 1. The Hall–Kier alpha value is -1.17. The van der Waals surface area contributed by atoms with Crippen molar-refractivity contribution in [3.8, 4) is 5.69 Å². The SMILES string of the molecule is COCCCNCc1c(C)nn(-c2ccc(Br)cc2)c1C. The predicted molar refractivity (Wildman–Crippen MR) is 88.9 cm³/mol. The van der Waals surface area contributed by atoms with E-state index in [1.54, 1.807) is 7.11 Å². The summed E-state index contributed by atoms with van der Waals surface area (Å²) in [6, 6.07) is 8.21. The molecule has 0 saturated carbocycles. The summed E-state index contributed by atoms with van der Waals surface area (Å²) in [4.78, 5) is 0. The van der Waals surface area contributed by atoms with Gasteiger partial charge in [-0.2, -0.15) is 5.10 Å². The van der Waals surface area contributed by atoms with Gasteiger partial charge in [0.05, 0.1) is 11.4 Å². The molecule has 0 aliphatic heterocycles. The van der Waals surface area contributed by atoms with Gasteiger partial charge in [-0.3, -0.25) is 0 Å². The Morgan fingerprint density at radius 2 is 1.95 bits per heavy atom. The lowest BCUT2D eigenvalue weighted by molar-refractivity contribution is 0.194. The van der Waals surface area contributed by atoms with Gasteiger partial charge in [0.2, 0.25) is 0 Å². The highest BCUT2D eigenvalue weighted by Crippen LogP contribution is 2.19. The number of ether oxygens (including phenoxy) is 1. The fraction of sp³-hybridized carbons (Fsp3) is 0.438. The third-order valence-corrected chi connectivity index (χ3v) is 4.04. The number of aryl methyl sites for hydroxylation is 1. The Bertz CT molecular complexity index is 578. The number of rotatable bonds is 7. The predicted octanol–water partition coefficient (Wildman–Crippen LogP) is 3.38. The summed E-state index contributed by atoms with van der Waals surface area (Å²) in [5, 5.41) is 8.11. The Morgan fingerprint density at radius 1 is 1.24 bits per heavy atom. The molecule has 5 heteroatoms. The Kier molecular flexibility index (Phi) is 5.96. The van der Waals surface area contributed by atoms with Crippen LogP contribution in [0.5, 0.6) is 0 Å². The van der Waals surface area contributed by atoms with E-state index in [1.165, 1.54) is 11.3 Å². The average Bonchev–Trinajstić information content (AvgIpc) is 2.75. The molecule has 2 aromatic rings. The lowest BCUT2D eigenvalue weighted by Gasteiger charge is -2.07. The van der Waals surface area contributed by atoms with Crippen molar-refractivity contribution in [3.05, 3.63) is 45.7 Å². The molecule has 0 atom stereocenters. The topological polar surface area (TPSA) is 39.1 Å². The van der Waals surface area contributed by atoms with Crippen molar-refractivity contribution in [2.75, 3.05) is 20.3 Å². The Labute approximate surface area is 134 Å². The van der Waals surface area contributed by atoms with E-state index in [0.717, 1.165) is 42.0 Å². The molecule has 1 heterocycles. The van der Waals surface area contributed by atoms with Crippen molar-refractivity contribution in [2.24, 2.45) is 0 Å². The van der Waals surface area contributed by atoms with Crippen LogP contribution < -0.4 is 5.32 Å². The number of aromatic nitrogens is 2. The van der Waals surface area contributed by atoms with E-state index >= 15 is 0 Å². The standard InChI is InChI=1S/C16H22BrN3O/c1-12-16(11-18-9-4-10-21-3)13(2)20(19-12)15-7-5-14(17)6-8-15/h5-8,18H,4,9-11H2,1-3H3. The summed E-state index contributed by atoms with van der Waals surface area (Å²) in [6.07, 6.45) is 1.02. The van der Waals surface area contributed by atoms with Gasteiger partial charge in [0, 0.05) is 36.0 Å². The van der Waals surface area contributed by atoms with Gasteiger partial charge in [-0.15, -0.1) is 0 Å². The molecule has 0 saturated heterocycles. The van der Waals surface area contributed by atoms with Crippen LogP contribution in [-0.4, -0.2) is 30.0 Å². The van der Waals surface area contributed by atoms with Crippen LogP contribution in [0.3, 0.4) is 0 Å². The molecule has 0 aliphatic rings. The largest absolute Gasteiger partial charge is 0.385 e. The van der Waals surface area contributed by atoms with E-state index in [1.807, 2.05) is 16.8 Å². The number of halogens is 1. The molecule has 4 nitrogen and oxygen atoms in total. The first-order valence-corrected chi connectivity index (χ1v) is 7.93. The van der Waals surface area contributed by atoms with Crippen molar-refractivity contribution < 1.29 is 4.74 Å². The number of hydrogen-bond acceptors (Lipinski definition) is 3. The van der Waals surface area contributed by atoms with Gasteiger partial charge in [-0.05, 0) is 51.1 Å². The minimum atomic E-state index is 0.795. The summed E-state index contributed by atoms with van der Waals surface area (Å²) in [5.74, 6) is 0. The monoisotopic (exact) mass is 351 g/mol. The maximum Gasteiger partial charge on any atom is 0.0649 e. The summed E-state index contributed by atoms with van der Waals surface area (Å²) < 4.78 is 8.14. The third kappa shape index (κ3) is 4.15. The van der Waals surface area contributed by atoms with Crippen molar-refractivity contribution in [3.63, 3.8) is 0 Å². The number of benzene rings is 1. The first kappa shape index (κ1) is 16.2. The maximum absolute atomic E-state index is 5.05. The first-order chi connectivity index (χ1) is 10.1. The van der Waals surface area contributed by atoms with E-state index in [4.69, 9.17) is 4.74 Å². The van der Waals surface area contributed by atoms with Gasteiger partial charge in [-0.25, -0.2) is 4.68 Å². The molecule has 0 spiro atoms. The Balaban J connectivity index is 2.08. The second kappa shape index (κ2) is 7.73. The molecule has 0 radical (unpaired) electrons. The zero-order chi connectivity index (χ0) is 15.2. The van der Waals surface area contributed by atoms with Crippen LogP contribution in [0.15, 0.2) is 28.7 Å². The Morgan fingerprint density at radius 3 is 2.62 bits per heavy atom. The second-order valence-electron chi connectivity index (χ2n) is 5.06. The minimum absolute atomic E-state index is 0.795. The highest BCUT2D eigenvalue weighted by molar-refractivity contribution is 9.10. The van der Waals surface area contributed by atoms with Gasteiger partial charge in [0.1, 0.15) is 0 Å². The van der Waals surface area contributed by atoms with Gasteiger partial charge in [0.25, 0.3) is 0 Å². The maximum atomic E-state index is 5.05. The smallest absolute Gasteiger partial charge is 0.0649 e. The van der Waals surface area contributed by atoms with E-state index in [2.05, 4.69) is 52.3 Å². The van der Waals surface area contributed by atoms with E-state index in [9.17, 15) is 0 Å². The van der Waals surface area contributed by atoms with Gasteiger partial charge in [0.15, 0.2) is 0 Å². The number of hydrogen-bond donors (Lipinski definition) is 1. The van der Waals surface area contributed by atoms with Crippen molar-refractivity contribution in [1.29, 1.82) is 0 Å². The minimum Gasteiger partial charge on any atom is -0.385 e. The highest BCUT2D eigenvalue weighted by Gasteiger charge is 2.12. The van der Waals surface area contributed by atoms with E-state index in [-0.39, 0.29) is 0 Å². The van der Waals surface area contributed by atoms with Crippen molar-refractivity contribution in [2.45, 2.75) is 26.8 Å². The zero-order valence-corrected chi connectivity index (χ0v) is 14.4. The molecule has 0 unspecified atom stereocenters. The number of nitrogens with zero attached hydrogens (tertiary/aromatic N) is 2. The third-order valence-electron chi connectivity index (χ3n) is 3.52. The van der Waals surface area contributed by atoms with E-state index < -0.39 is 0 Å². The molecule has 2 rings (SSSR count). The van der Waals surface area contributed by atoms with Crippen LogP contribution in [0, 0.1) is 13.8 Å². The molecular weight excluding hydrogens is 330 g/mol. The normalized spacial score (nSPS) is 11.0. The van der Waals surface area contributed by atoms with Crippen molar-refractivity contribution >= 4 is 15.9 Å². The summed E-state index contributed by atoms with van der Waals surface area (Å²) in [7, 11) is 1.73. The van der Waals surface area contributed by atoms with Gasteiger partial charge >= 0.3 is 0 Å². The molecular formula is C16H22BrN3O. The molecule has 114 valence electrons. The summed E-state index contributed by atoms with van der Waals surface area (Å²) >= 11 is 3.46. The average molecular weight is 352 g/mol. The zero-order valence-electron chi connectivity index (χ0n) is 12.8. The van der Waals surface area contributed by atoms with Crippen LogP contribution in [0.25, 0.3) is 5.69 Å². The lowest BCUT2D eigenvalue weighted by Crippen LogP contribution is -2.17. The molecule has 0 amide bonds. The molecule has 0 aliphatic carbocycles. The fourth-order valence-electron chi connectivity index (χ4n) is 2.32. The lowest BCUT2D eigenvalue weighted by atomic mass is 10.2. The van der Waals surface area contributed by atoms with E-state index in [0.29, 0.717) is 0 Å². The van der Waals surface area contributed by atoms with Crippen LogP contribution in [0.2, 0.25) is 0 Å². The highest BCUT2D eigenvalue weighted by atomic mass is 79.9. The van der Waals surface area contributed by atoms with Crippen LogP contribution in [0.1, 0.15) is 23.4 Å². The molecule has 0 bridgehead atoms.